The number of fused-ring (bicyclic) bond motifs is 1. The van der Waals surface area contributed by atoms with Crippen molar-refractivity contribution in [3.05, 3.63) is 58.5 Å². The minimum atomic E-state index is 0.133. The Morgan fingerprint density at radius 1 is 1.24 bits per heavy atom. The van der Waals surface area contributed by atoms with Crippen molar-refractivity contribution in [1.29, 1.82) is 0 Å². The lowest BCUT2D eigenvalue weighted by molar-refractivity contribution is -0.132. The molecule has 2 aromatic heterocycles. The molecule has 1 amide bonds. The summed E-state index contributed by atoms with van der Waals surface area (Å²) in [6, 6.07) is 10.2. The average molecular weight is 393 g/mol. The third-order valence-electron chi connectivity index (χ3n) is 5.93. The Hall–Kier alpha value is -2.89. The molecule has 1 aromatic carbocycles. The van der Waals surface area contributed by atoms with E-state index in [9.17, 15) is 4.79 Å². The molecule has 3 aromatic rings. The van der Waals surface area contributed by atoms with Crippen LogP contribution in [0.25, 0.3) is 5.65 Å². The molecule has 1 aliphatic heterocycles. The summed E-state index contributed by atoms with van der Waals surface area (Å²) in [5.74, 6) is 1.04. The van der Waals surface area contributed by atoms with Gasteiger partial charge in [-0.1, -0.05) is 12.1 Å². The number of ether oxygens (including phenoxy) is 1. The molecular weight excluding hydrogens is 364 g/mol. The molecule has 0 spiro atoms. The van der Waals surface area contributed by atoms with E-state index in [1.54, 1.807) is 7.11 Å². The number of aryl methyl sites for hydroxylation is 3. The molecule has 0 bridgehead atoms. The van der Waals surface area contributed by atoms with Crippen molar-refractivity contribution in [1.82, 2.24) is 19.5 Å². The zero-order valence-electron chi connectivity index (χ0n) is 17.6. The van der Waals surface area contributed by atoms with Gasteiger partial charge in [0, 0.05) is 30.4 Å². The van der Waals surface area contributed by atoms with Crippen LogP contribution in [-0.2, 0) is 11.2 Å². The van der Waals surface area contributed by atoms with Gasteiger partial charge in [-0.05, 0) is 63.3 Å². The highest BCUT2D eigenvalue weighted by Crippen LogP contribution is 2.34. The third kappa shape index (κ3) is 3.71. The maximum Gasteiger partial charge on any atom is 0.223 e. The fourth-order valence-electron chi connectivity index (χ4n) is 4.44. The maximum absolute atomic E-state index is 13.1. The highest BCUT2D eigenvalue weighted by atomic mass is 16.5. The van der Waals surface area contributed by atoms with Crippen LogP contribution in [0.15, 0.2) is 30.3 Å². The average Bonchev–Trinajstić information content (AvgIpc) is 3.34. The number of benzene rings is 1. The number of hydrogen-bond donors (Lipinski definition) is 0. The summed E-state index contributed by atoms with van der Waals surface area (Å²) in [4.78, 5) is 19.8. The lowest BCUT2D eigenvalue weighted by atomic mass is 10.0. The number of methoxy groups -OCH3 is 1. The van der Waals surface area contributed by atoms with E-state index >= 15 is 0 Å². The highest BCUT2D eigenvalue weighted by Gasteiger charge is 2.30. The first kappa shape index (κ1) is 19.4. The van der Waals surface area contributed by atoms with E-state index in [4.69, 9.17) is 4.74 Å². The molecule has 6 heteroatoms. The minimum Gasteiger partial charge on any atom is -0.497 e. The standard InChI is InChI=1S/C23H28N4O2/c1-15-13-22-24-16(2)20(17(3)27(22)25-15)10-11-23(28)26-12-6-9-21(26)18-7-5-8-19(14-18)29-4/h5,7-8,13-14,21H,6,9-12H2,1-4H3. The molecule has 0 saturated carbocycles. The number of carbonyl (C=O) groups is 1. The zero-order chi connectivity index (χ0) is 20.5. The highest BCUT2D eigenvalue weighted by molar-refractivity contribution is 5.77. The SMILES string of the molecule is COc1cccc(C2CCCN2C(=O)CCc2c(C)nc3cc(C)nn3c2C)c1. The van der Waals surface area contributed by atoms with E-state index in [0.717, 1.165) is 59.0 Å². The number of rotatable bonds is 5. The Bertz CT molecular complexity index is 1060. The maximum atomic E-state index is 13.1. The molecule has 3 heterocycles. The summed E-state index contributed by atoms with van der Waals surface area (Å²) in [5.41, 5.74) is 6.13. The molecule has 4 rings (SSSR count). The van der Waals surface area contributed by atoms with E-state index < -0.39 is 0 Å². The monoisotopic (exact) mass is 392 g/mol. The van der Waals surface area contributed by atoms with E-state index in [1.807, 2.05) is 47.5 Å². The summed E-state index contributed by atoms with van der Waals surface area (Å²) in [6.07, 6.45) is 3.19. The van der Waals surface area contributed by atoms with Gasteiger partial charge in [0.25, 0.3) is 0 Å². The number of nitrogens with zero attached hydrogens (tertiary/aromatic N) is 4. The molecule has 152 valence electrons. The van der Waals surface area contributed by atoms with Gasteiger partial charge in [-0.2, -0.15) is 5.10 Å². The summed E-state index contributed by atoms with van der Waals surface area (Å²) in [5, 5.41) is 4.53. The Labute approximate surface area is 171 Å². The fraction of sp³-hybridized carbons (Fsp3) is 0.435. The van der Waals surface area contributed by atoms with E-state index in [0.29, 0.717) is 12.8 Å². The van der Waals surface area contributed by atoms with Crippen molar-refractivity contribution >= 4 is 11.6 Å². The van der Waals surface area contributed by atoms with Crippen LogP contribution in [0.1, 0.15) is 53.5 Å². The summed E-state index contributed by atoms with van der Waals surface area (Å²) in [7, 11) is 1.67. The molecule has 29 heavy (non-hydrogen) atoms. The van der Waals surface area contributed by atoms with E-state index in [-0.39, 0.29) is 11.9 Å². The van der Waals surface area contributed by atoms with Crippen LogP contribution in [0.2, 0.25) is 0 Å². The lowest BCUT2D eigenvalue weighted by Gasteiger charge is -2.25. The van der Waals surface area contributed by atoms with Gasteiger partial charge in [-0.15, -0.1) is 0 Å². The predicted molar refractivity (Wildman–Crippen MR) is 112 cm³/mol. The van der Waals surface area contributed by atoms with Crippen molar-refractivity contribution in [3.8, 4) is 5.75 Å². The number of amides is 1. The van der Waals surface area contributed by atoms with E-state index in [1.165, 1.54) is 0 Å². The third-order valence-corrected chi connectivity index (χ3v) is 5.93. The molecule has 1 unspecified atom stereocenters. The van der Waals surface area contributed by atoms with Crippen molar-refractivity contribution < 1.29 is 9.53 Å². The number of hydrogen-bond acceptors (Lipinski definition) is 4. The van der Waals surface area contributed by atoms with Crippen LogP contribution in [-0.4, -0.2) is 39.1 Å². The Balaban J connectivity index is 1.51. The minimum absolute atomic E-state index is 0.133. The normalized spacial score (nSPS) is 16.6. The first-order chi connectivity index (χ1) is 14.0. The van der Waals surface area contributed by atoms with Gasteiger partial charge in [0.2, 0.25) is 5.91 Å². The Morgan fingerprint density at radius 2 is 2.07 bits per heavy atom. The smallest absolute Gasteiger partial charge is 0.223 e. The van der Waals surface area contributed by atoms with Crippen molar-refractivity contribution in [2.75, 3.05) is 13.7 Å². The van der Waals surface area contributed by atoms with Gasteiger partial charge in [0.1, 0.15) is 5.75 Å². The van der Waals surface area contributed by atoms with Crippen LogP contribution in [0.4, 0.5) is 0 Å². The van der Waals surface area contributed by atoms with Crippen LogP contribution >= 0.6 is 0 Å². The lowest BCUT2D eigenvalue weighted by Crippen LogP contribution is -2.30. The molecule has 0 aliphatic carbocycles. The van der Waals surface area contributed by atoms with Crippen molar-refractivity contribution in [3.63, 3.8) is 0 Å². The first-order valence-electron chi connectivity index (χ1n) is 10.2. The Morgan fingerprint density at radius 3 is 2.86 bits per heavy atom. The summed E-state index contributed by atoms with van der Waals surface area (Å²) < 4.78 is 7.25. The molecular formula is C23H28N4O2. The molecule has 1 aliphatic rings. The van der Waals surface area contributed by atoms with Gasteiger partial charge in [0.05, 0.1) is 18.8 Å². The molecule has 0 N–H and O–H groups in total. The zero-order valence-corrected chi connectivity index (χ0v) is 17.6. The number of aromatic nitrogens is 3. The molecule has 1 saturated heterocycles. The van der Waals surface area contributed by atoms with Crippen LogP contribution in [0.5, 0.6) is 5.75 Å². The topological polar surface area (TPSA) is 59.7 Å². The van der Waals surface area contributed by atoms with Gasteiger partial charge in [-0.3, -0.25) is 4.79 Å². The van der Waals surface area contributed by atoms with Gasteiger partial charge in [0.15, 0.2) is 5.65 Å². The second kappa shape index (κ2) is 7.85. The second-order valence-corrected chi connectivity index (χ2v) is 7.84. The van der Waals surface area contributed by atoms with E-state index in [2.05, 4.69) is 23.1 Å². The summed E-state index contributed by atoms with van der Waals surface area (Å²) >= 11 is 0. The predicted octanol–water partition coefficient (Wildman–Crippen LogP) is 3.96. The summed E-state index contributed by atoms with van der Waals surface area (Å²) in [6.45, 7) is 6.86. The molecule has 1 atom stereocenters. The van der Waals surface area contributed by atoms with Crippen molar-refractivity contribution in [2.24, 2.45) is 0 Å². The van der Waals surface area contributed by atoms with Gasteiger partial charge in [-0.25, -0.2) is 9.50 Å². The number of carbonyl (C=O) groups excluding carboxylic acids is 1. The van der Waals surface area contributed by atoms with Crippen LogP contribution < -0.4 is 4.74 Å². The van der Waals surface area contributed by atoms with Crippen LogP contribution in [0, 0.1) is 20.8 Å². The second-order valence-electron chi connectivity index (χ2n) is 7.84. The molecule has 1 fully saturated rings. The largest absolute Gasteiger partial charge is 0.497 e. The van der Waals surface area contributed by atoms with Gasteiger partial charge >= 0.3 is 0 Å². The Kier molecular flexibility index (Phi) is 5.26. The van der Waals surface area contributed by atoms with Crippen molar-refractivity contribution in [2.45, 2.75) is 52.5 Å². The first-order valence-corrected chi connectivity index (χ1v) is 10.2. The quantitative estimate of drug-likeness (QED) is 0.659. The molecule has 6 nitrogen and oxygen atoms in total. The fourth-order valence-corrected chi connectivity index (χ4v) is 4.44. The van der Waals surface area contributed by atoms with Crippen LogP contribution in [0.3, 0.4) is 0 Å². The molecule has 0 radical (unpaired) electrons. The number of likely N-dealkylation sites (tertiary alicyclic amines) is 1. The van der Waals surface area contributed by atoms with Gasteiger partial charge < -0.3 is 9.64 Å².